The van der Waals surface area contributed by atoms with Crippen LogP contribution in [0.2, 0.25) is 0 Å². The van der Waals surface area contributed by atoms with Gasteiger partial charge in [0.25, 0.3) is 0 Å². The van der Waals surface area contributed by atoms with Crippen LogP contribution in [0.4, 0.5) is 10.5 Å². The van der Waals surface area contributed by atoms with Crippen LogP contribution >= 0.6 is 0 Å². The fourth-order valence-corrected chi connectivity index (χ4v) is 1.74. The largest absolute Gasteiger partial charge is 0.351 e. The summed E-state index contributed by atoms with van der Waals surface area (Å²) < 4.78 is 0. The van der Waals surface area contributed by atoms with Gasteiger partial charge in [0, 0.05) is 5.69 Å². The van der Waals surface area contributed by atoms with E-state index in [-0.39, 0.29) is 0 Å². The fourth-order valence-electron chi connectivity index (χ4n) is 1.74. The second kappa shape index (κ2) is 19.8. The molecule has 0 bridgehead atoms. The number of hydrogen-bond acceptors (Lipinski definition) is 5. The highest BCUT2D eigenvalue weighted by atomic mass is 16.2. The second-order valence-electron chi connectivity index (χ2n) is 4.37. The van der Waals surface area contributed by atoms with Gasteiger partial charge in [-0.1, -0.05) is 12.1 Å². The molecule has 1 aliphatic heterocycles. The van der Waals surface area contributed by atoms with Crippen molar-refractivity contribution in [2.45, 2.75) is 19.8 Å². The zero-order valence-electron chi connectivity index (χ0n) is 14.4. The summed E-state index contributed by atoms with van der Waals surface area (Å²) >= 11 is 0. The summed E-state index contributed by atoms with van der Waals surface area (Å²) in [5, 5.41) is 2.48. The van der Waals surface area contributed by atoms with Gasteiger partial charge in [-0.15, -0.1) is 0 Å². The van der Waals surface area contributed by atoms with Gasteiger partial charge in [-0.2, -0.15) is 0 Å². The van der Waals surface area contributed by atoms with Gasteiger partial charge in [0.15, 0.2) is 0 Å². The van der Waals surface area contributed by atoms with Crippen LogP contribution in [0.15, 0.2) is 24.3 Å². The molecule has 1 aliphatic rings. The molecule has 1 saturated heterocycles. The number of carbonyl (C=O) groups excluding carboxylic acids is 3. The summed E-state index contributed by atoms with van der Waals surface area (Å²) in [5.74, 6) is 0. The smallest absolute Gasteiger partial charge is 0.316 e. The molecule has 132 valence electrons. The number of nitrogens with one attached hydrogen (secondary N) is 1. The van der Waals surface area contributed by atoms with E-state index in [1.165, 1.54) is 33.0 Å². The number of amides is 2. The Balaban J connectivity index is -0.000000282. The van der Waals surface area contributed by atoms with E-state index in [0.29, 0.717) is 0 Å². The van der Waals surface area contributed by atoms with Crippen LogP contribution in [0.5, 0.6) is 0 Å². The number of nitrogens with two attached hydrogens (primary N) is 2. The Bertz CT molecular complexity index is 395. The molecular weight excluding hydrogens is 296 g/mol. The maximum atomic E-state index is 10.4. The van der Waals surface area contributed by atoms with Crippen LogP contribution < -0.4 is 16.8 Å². The van der Waals surface area contributed by atoms with Crippen LogP contribution in [0.3, 0.4) is 0 Å². The molecule has 0 spiro atoms. The molecule has 1 aromatic carbocycles. The summed E-state index contributed by atoms with van der Waals surface area (Å²) in [6.45, 7) is 8.59. The van der Waals surface area contributed by atoms with Gasteiger partial charge in [-0.3, -0.25) is 0 Å². The first kappa shape index (κ1) is 25.7. The van der Waals surface area contributed by atoms with E-state index in [4.69, 9.17) is 15.3 Å². The Morgan fingerprint density at radius 1 is 1.13 bits per heavy atom. The molecule has 1 fully saturated rings. The first-order chi connectivity index (χ1) is 11.1. The van der Waals surface area contributed by atoms with Crippen LogP contribution in [0.1, 0.15) is 18.4 Å². The SMILES string of the molecule is C=O.C=O.CN.CN1CCCC1.Cc1cccc(NC(N)=O)c1. The molecule has 0 radical (unpaired) electrons. The average molecular weight is 326 g/mol. The zero-order chi connectivity index (χ0) is 18.7. The summed E-state index contributed by atoms with van der Waals surface area (Å²) in [7, 11) is 3.67. The van der Waals surface area contributed by atoms with Gasteiger partial charge < -0.3 is 31.3 Å². The molecule has 0 saturated carbocycles. The summed E-state index contributed by atoms with van der Waals surface area (Å²) in [4.78, 5) is 28.8. The predicted molar refractivity (Wildman–Crippen MR) is 95.5 cm³/mol. The number of hydrogen-bond donors (Lipinski definition) is 3. The Morgan fingerprint density at radius 3 is 1.91 bits per heavy atom. The molecule has 1 aromatic rings. The molecule has 0 atom stereocenters. The van der Waals surface area contributed by atoms with Crippen molar-refractivity contribution in [3.63, 3.8) is 0 Å². The van der Waals surface area contributed by atoms with Crippen molar-refractivity contribution in [1.82, 2.24) is 4.90 Å². The lowest BCUT2D eigenvalue weighted by Crippen LogP contribution is -2.19. The van der Waals surface area contributed by atoms with E-state index >= 15 is 0 Å². The zero-order valence-corrected chi connectivity index (χ0v) is 14.4. The molecule has 1 heterocycles. The van der Waals surface area contributed by atoms with Gasteiger partial charge in [-0.05, 0) is 64.6 Å². The highest BCUT2D eigenvalue weighted by Gasteiger charge is 2.03. The lowest BCUT2D eigenvalue weighted by atomic mass is 10.2. The molecular formula is C16H30N4O3. The maximum Gasteiger partial charge on any atom is 0.316 e. The number of urea groups is 1. The van der Waals surface area contributed by atoms with Crippen molar-refractivity contribution >= 4 is 25.3 Å². The lowest BCUT2D eigenvalue weighted by Gasteiger charge is -2.01. The van der Waals surface area contributed by atoms with E-state index in [9.17, 15) is 4.79 Å². The van der Waals surface area contributed by atoms with Gasteiger partial charge in [0.05, 0.1) is 0 Å². The topological polar surface area (TPSA) is 119 Å². The third kappa shape index (κ3) is 17.7. The minimum atomic E-state index is -0.532. The van der Waals surface area contributed by atoms with Crippen LogP contribution in [0.25, 0.3) is 0 Å². The molecule has 23 heavy (non-hydrogen) atoms. The molecule has 0 unspecified atom stereocenters. The normalized spacial score (nSPS) is 11.7. The van der Waals surface area contributed by atoms with Crippen LogP contribution in [-0.2, 0) is 9.59 Å². The minimum Gasteiger partial charge on any atom is -0.351 e. The number of likely N-dealkylation sites (tertiary alicyclic amines) is 1. The van der Waals surface area contributed by atoms with Crippen LogP contribution in [0, 0.1) is 6.92 Å². The van der Waals surface area contributed by atoms with Gasteiger partial charge in [0.1, 0.15) is 13.6 Å². The number of benzene rings is 1. The van der Waals surface area contributed by atoms with E-state index in [1.807, 2.05) is 38.7 Å². The Kier molecular flexibility index (Phi) is 22.1. The van der Waals surface area contributed by atoms with Crippen LogP contribution in [-0.4, -0.2) is 51.7 Å². The molecule has 0 aliphatic carbocycles. The number of rotatable bonds is 1. The molecule has 5 N–H and O–H groups in total. The first-order valence-corrected chi connectivity index (χ1v) is 7.05. The van der Waals surface area contributed by atoms with E-state index in [1.54, 1.807) is 6.07 Å². The van der Waals surface area contributed by atoms with E-state index in [2.05, 4.69) is 23.0 Å². The quantitative estimate of drug-likeness (QED) is 0.721. The Labute approximate surface area is 139 Å². The fraction of sp³-hybridized carbons (Fsp3) is 0.438. The average Bonchev–Trinajstić information content (AvgIpc) is 3.04. The first-order valence-electron chi connectivity index (χ1n) is 7.05. The number of aryl methyl sites for hydroxylation is 1. The van der Waals surface area contributed by atoms with Gasteiger partial charge >= 0.3 is 6.03 Å². The highest BCUT2D eigenvalue weighted by molar-refractivity contribution is 5.87. The second-order valence-corrected chi connectivity index (χ2v) is 4.37. The molecule has 7 heteroatoms. The third-order valence-corrected chi connectivity index (χ3v) is 2.62. The Morgan fingerprint density at radius 2 is 1.61 bits per heavy atom. The van der Waals surface area contributed by atoms with Crippen molar-refractivity contribution in [1.29, 1.82) is 0 Å². The molecule has 0 aromatic heterocycles. The molecule has 2 rings (SSSR count). The highest BCUT2D eigenvalue weighted by Crippen LogP contribution is 2.08. The van der Waals surface area contributed by atoms with E-state index in [0.717, 1.165) is 11.3 Å². The van der Waals surface area contributed by atoms with Crippen molar-refractivity contribution in [3.8, 4) is 0 Å². The minimum absolute atomic E-state index is 0.532. The number of anilines is 1. The van der Waals surface area contributed by atoms with Gasteiger partial charge in [-0.25, -0.2) is 4.79 Å². The predicted octanol–water partition coefficient (Wildman–Crippen LogP) is 1.40. The van der Waals surface area contributed by atoms with Crippen molar-refractivity contribution < 1.29 is 14.4 Å². The Hall–Kier alpha value is -2.25. The summed E-state index contributed by atoms with van der Waals surface area (Å²) in [6, 6.07) is 6.92. The number of nitrogens with zero attached hydrogens (tertiary/aromatic N) is 1. The van der Waals surface area contributed by atoms with E-state index < -0.39 is 6.03 Å². The number of primary amides is 1. The standard InChI is InChI=1S/C8H10N2O.C5H11N.CH5N.2CH2O/c1-6-3-2-4-7(5-6)10-8(9)11;1-6-4-2-3-5-6;3*1-2/h2-5H,1H3,(H3,9,10,11);2-5H2,1H3;2H2,1H3;2*1H2. The monoisotopic (exact) mass is 326 g/mol. The van der Waals surface area contributed by atoms with Crippen molar-refractivity contribution in [2.24, 2.45) is 11.5 Å². The van der Waals surface area contributed by atoms with Crippen molar-refractivity contribution in [3.05, 3.63) is 29.8 Å². The van der Waals surface area contributed by atoms with Crippen molar-refractivity contribution in [2.75, 3.05) is 32.5 Å². The maximum absolute atomic E-state index is 10.4. The summed E-state index contributed by atoms with van der Waals surface area (Å²) in [6.07, 6.45) is 2.83. The number of carbonyl (C=O) groups is 3. The summed E-state index contributed by atoms with van der Waals surface area (Å²) in [5.41, 5.74) is 11.3. The third-order valence-electron chi connectivity index (χ3n) is 2.62. The molecule has 7 nitrogen and oxygen atoms in total. The van der Waals surface area contributed by atoms with Gasteiger partial charge in [0.2, 0.25) is 0 Å². The lowest BCUT2D eigenvalue weighted by molar-refractivity contribution is -0.0987. The molecule has 2 amide bonds.